The van der Waals surface area contributed by atoms with Crippen molar-refractivity contribution in [1.29, 1.82) is 0 Å². The summed E-state index contributed by atoms with van der Waals surface area (Å²) >= 11 is 11.1. The highest BCUT2D eigenvalue weighted by Crippen LogP contribution is 2.32. The smallest absolute Gasteiger partial charge is 0.107 e. The van der Waals surface area contributed by atoms with Gasteiger partial charge >= 0.3 is 0 Å². The van der Waals surface area contributed by atoms with Crippen molar-refractivity contribution in [3.05, 3.63) is 68.5 Å². The van der Waals surface area contributed by atoms with Crippen LogP contribution in [0.1, 0.15) is 4.88 Å². The number of hydrogen-bond acceptors (Lipinski definition) is 2. The van der Waals surface area contributed by atoms with Gasteiger partial charge < -0.3 is 9.88 Å². The van der Waals surface area contributed by atoms with Gasteiger partial charge in [-0.1, -0.05) is 17.7 Å². The van der Waals surface area contributed by atoms with Crippen LogP contribution in [0.2, 0.25) is 4.34 Å². The van der Waals surface area contributed by atoms with Gasteiger partial charge in [0, 0.05) is 39.7 Å². The minimum Gasteiger partial charge on any atom is -0.380 e. The van der Waals surface area contributed by atoms with Gasteiger partial charge in [0.25, 0.3) is 0 Å². The van der Waals surface area contributed by atoms with E-state index in [1.165, 1.54) is 4.88 Å². The lowest BCUT2D eigenvalue weighted by atomic mass is 10.2. The molecular weight excluding hydrogens is 356 g/mol. The molecule has 20 heavy (non-hydrogen) atoms. The fraction of sp³-hybridized carbons (Fsp3) is 0.0667. The number of anilines is 1. The summed E-state index contributed by atoms with van der Waals surface area (Å²) in [5.41, 5.74) is 2.24. The number of nitrogens with zero attached hydrogens (tertiary/aromatic N) is 1. The summed E-state index contributed by atoms with van der Waals surface area (Å²) in [5, 5.41) is 3.42. The highest BCUT2D eigenvalue weighted by molar-refractivity contribution is 9.10. The first-order valence-electron chi connectivity index (χ1n) is 6.13. The van der Waals surface area contributed by atoms with Gasteiger partial charge in [0.1, 0.15) is 4.34 Å². The lowest BCUT2D eigenvalue weighted by Gasteiger charge is -2.08. The number of aromatic nitrogens is 1. The molecule has 0 amide bonds. The zero-order chi connectivity index (χ0) is 13.9. The van der Waals surface area contributed by atoms with Crippen LogP contribution in [0.25, 0.3) is 5.69 Å². The molecule has 0 atom stereocenters. The molecule has 1 aromatic carbocycles. The molecule has 0 saturated carbocycles. The predicted molar refractivity (Wildman–Crippen MR) is 90.1 cm³/mol. The Hall–Kier alpha value is -1.23. The van der Waals surface area contributed by atoms with Gasteiger partial charge in [-0.2, -0.15) is 0 Å². The molecular formula is C15H12BrClN2S. The Morgan fingerprint density at radius 1 is 1.15 bits per heavy atom. The molecule has 2 nitrogen and oxygen atoms in total. The maximum Gasteiger partial charge on any atom is 0.107 e. The summed E-state index contributed by atoms with van der Waals surface area (Å²) in [7, 11) is 0. The van der Waals surface area contributed by atoms with Gasteiger partial charge in [0.15, 0.2) is 0 Å². The lowest BCUT2D eigenvalue weighted by molar-refractivity contribution is 1.08. The first kappa shape index (κ1) is 13.7. The molecule has 0 fully saturated rings. The van der Waals surface area contributed by atoms with Crippen molar-refractivity contribution in [2.24, 2.45) is 0 Å². The maximum absolute atomic E-state index is 6.04. The van der Waals surface area contributed by atoms with Crippen molar-refractivity contribution in [2.45, 2.75) is 6.54 Å². The van der Waals surface area contributed by atoms with E-state index >= 15 is 0 Å². The Labute approximate surface area is 135 Å². The first-order valence-corrected chi connectivity index (χ1v) is 8.12. The predicted octanol–water partition coefficient (Wildman–Crippen LogP) is 5.57. The van der Waals surface area contributed by atoms with Crippen molar-refractivity contribution in [3.8, 4) is 5.69 Å². The molecule has 2 heterocycles. The Balaban J connectivity index is 1.73. The van der Waals surface area contributed by atoms with E-state index in [2.05, 4.69) is 56.1 Å². The molecule has 5 heteroatoms. The molecule has 0 radical (unpaired) electrons. The quantitative estimate of drug-likeness (QED) is 0.638. The van der Waals surface area contributed by atoms with E-state index in [0.717, 1.165) is 26.7 Å². The molecule has 2 aromatic heterocycles. The first-order chi connectivity index (χ1) is 9.72. The summed E-state index contributed by atoms with van der Waals surface area (Å²) in [5.74, 6) is 0. The number of hydrogen-bond donors (Lipinski definition) is 1. The van der Waals surface area contributed by atoms with Gasteiger partial charge in [0.05, 0.1) is 0 Å². The Kier molecular flexibility index (Phi) is 4.15. The molecule has 3 rings (SSSR count). The number of nitrogens with one attached hydrogen (secondary N) is 1. The van der Waals surface area contributed by atoms with Gasteiger partial charge in [-0.15, -0.1) is 11.3 Å². The third-order valence-corrected chi connectivity index (χ3v) is 5.39. The zero-order valence-electron chi connectivity index (χ0n) is 10.5. The van der Waals surface area contributed by atoms with Gasteiger partial charge in [-0.25, -0.2) is 0 Å². The van der Waals surface area contributed by atoms with Crippen LogP contribution in [0.15, 0.2) is 59.3 Å². The summed E-state index contributed by atoms with van der Waals surface area (Å²) in [6.45, 7) is 0.769. The molecule has 0 aliphatic rings. The highest BCUT2D eigenvalue weighted by atomic mass is 79.9. The van der Waals surface area contributed by atoms with Crippen LogP contribution in [0.5, 0.6) is 0 Å². The van der Waals surface area contributed by atoms with Gasteiger partial charge in [0.2, 0.25) is 0 Å². The van der Waals surface area contributed by atoms with Crippen molar-refractivity contribution >= 4 is 44.6 Å². The van der Waals surface area contributed by atoms with Crippen LogP contribution in [-0.4, -0.2) is 4.57 Å². The topological polar surface area (TPSA) is 17.0 Å². The van der Waals surface area contributed by atoms with Crippen molar-refractivity contribution in [1.82, 2.24) is 4.57 Å². The summed E-state index contributed by atoms with van der Waals surface area (Å²) in [4.78, 5) is 1.20. The van der Waals surface area contributed by atoms with E-state index < -0.39 is 0 Å². The summed E-state index contributed by atoms with van der Waals surface area (Å²) in [6, 6.07) is 14.4. The monoisotopic (exact) mass is 366 g/mol. The molecule has 0 unspecified atom stereocenters. The normalized spacial score (nSPS) is 10.7. The van der Waals surface area contributed by atoms with Crippen LogP contribution in [0.3, 0.4) is 0 Å². The SMILES string of the molecule is Clc1sc(CNc2cccc(-n3cccc3)c2)cc1Br. The third-order valence-electron chi connectivity index (χ3n) is 2.91. The standard InChI is InChI=1S/C15H12BrClN2S/c16-14-9-13(20-15(14)17)10-18-11-4-3-5-12(8-11)19-6-1-2-7-19/h1-9,18H,10H2. The van der Waals surface area contributed by atoms with Crippen molar-refractivity contribution in [3.63, 3.8) is 0 Å². The van der Waals surface area contributed by atoms with E-state index in [1.54, 1.807) is 11.3 Å². The maximum atomic E-state index is 6.04. The lowest BCUT2D eigenvalue weighted by Crippen LogP contribution is -1.98. The fourth-order valence-corrected chi connectivity index (χ4v) is 3.68. The molecule has 0 aliphatic carbocycles. The number of thiophene rings is 1. The zero-order valence-corrected chi connectivity index (χ0v) is 13.7. The van der Waals surface area contributed by atoms with Crippen LogP contribution in [0.4, 0.5) is 5.69 Å². The Morgan fingerprint density at radius 3 is 2.65 bits per heavy atom. The van der Waals surface area contributed by atoms with Gasteiger partial charge in [-0.3, -0.25) is 0 Å². The summed E-state index contributed by atoms with van der Waals surface area (Å²) < 4.78 is 3.84. The minimum atomic E-state index is 0.769. The molecule has 0 saturated heterocycles. The van der Waals surface area contributed by atoms with E-state index in [0.29, 0.717) is 0 Å². The molecule has 0 spiro atoms. The number of halogens is 2. The summed E-state index contributed by atoms with van der Waals surface area (Å²) in [6.07, 6.45) is 4.07. The van der Waals surface area contributed by atoms with E-state index in [-0.39, 0.29) is 0 Å². The molecule has 3 aromatic rings. The third kappa shape index (κ3) is 3.08. The average Bonchev–Trinajstić information content (AvgIpc) is 3.08. The van der Waals surface area contributed by atoms with E-state index in [9.17, 15) is 0 Å². The van der Waals surface area contributed by atoms with Gasteiger partial charge in [-0.05, 0) is 52.3 Å². The second kappa shape index (κ2) is 6.04. The number of benzene rings is 1. The van der Waals surface area contributed by atoms with Crippen molar-refractivity contribution < 1.29 is 0 Å². The second-order valence-corrected chi connectivity index (χ2v) is 6.92. The fourth-order valence-electron chi connectivity index (χ4n) is 1.95. The van der Waals surface area contributed by atoms with Crippen LogP contribution < -0.4 is 5.32 Å². The second-order valence-electron chi connectivity index (χ2n) is 4.33. The van der Waals surface area contributed by atoms with E-state index in [4.69, 9.17) is 11.6 Å². The average molecular weight is 368 g/mol. The van der Waals surface area contributed by atoms with E-state index in [1.807, 2.05) is 24.5 Å². The van der Waals surface area contributed by atoms with Crippen LogP contribution in [-0.2, 0) is 6.54 Å². The Bertz CT molecular complexity index is 687. The van der Waals surface area contributed by atoms with Crippen molar-refractivity contribution in [2.75, 3.05) is 5.32 Å². The minimum absolute atomic E-state index is 0.769. The molecule has 0 bridgehead atoms. The Morgan fingerprint density at radius 2 is 1.95 bits per heavy atom. The largest absolute Gasteiger partial charge is 0.380 e. The molecule has 102 valence electrons. The van der Waals surface area contributed by atoms with Crippen LogP contribution >= 0.6 is 38.9 Å². The highest BCUT2D eigenvalue weighted by Gasteiger charge is 2.04. The van der Waals surface area contributed by atoms with Crippen LogP contribution in [0, 0.1) is 0 Å². The molecule has 1 N–H and O–H groups in total. The molecule has 0 aliphatic heterocycles. The number of rotatable bonds is 4.